The van der Waals surface area contributed by atoms with Crippen LogP contribution in [0.5, 0.6) is 0 Å². The second-order valence-electron chi connectivity index (χ2n) is 5.13. The van der Waals surface area contributed by atoms with E-state index < -0.39 is 6.10 Å². The summed E-state index contributed by atoms with van der Waals surface area (Å²) in [4.78, 5) is 0. The summed E-state index contributed by atoms with van der Waals surface area (Å²) in [6.45, 7) is 2.05. The summed E-state index contributed by atoms with van der Waals surface area (Å²) in [5.41, 5.74) is 3.07. The quantitative estimate of drug-likeness (QED) is 0.693. The van der Waals surface area contributed by atoms with Crippen molar-refractivity contribution in [2.75, 3.05) is 0 Å². The van der Waals surface area contributed by atoms with Crippen LogP contribution in [0.25, 0.3) is 0 Å². The minimum absolute atomic E-state index is 0.179. The van der Waals surface area contributed by atoms with Gasteiger partial charge in [0, 0.05) is 10.8 Å². The molecule has 3 rings (SSSR count). The SMILES string of the molecule is Cc1ccc(CSc2nnc([C@@H](O)c3ccc(Cl)cc3)o2)cc1. The van der Waals surface area contributed by atoms with E-state index in [1.807, 2.05) is 0 Å². The minimum atomic E-state index is -0.950. The first-order valence-electron chi connectivity index (χ1n) is 7.07. The largest absolute Gasteiger partial charge is 0.413 e. The van der Waals surface area contributed by atoms with Crippen LogP contribution < -0.4 is 0 Å². The minimum Gasteiger partial charge on any atom is -0.413 e. The maximum Gasteiger partial charge on any atom is 0.277 e. The molecule has 4 nitrogen and oxygen atoms in total. The van der Waals surface area contributed by atoms with Crippen LogP contribution in [0.2, 0.25) is 5.02 Å². The number of rotatable bonds is 5. The normalized spacial score (nSPS) is 12.3. The van der Waals surface area contributed by atoms with Crippen molar-refractivity contribution in [2.24, 2.45) is 0 Å². The molecule has 1 atom stereocenters. The molecule has 0 saturated carbocycles. The van der Waals surface area contributed by atoms with Crippen LogP contribution in [0.15, 0.2) is 58.2 Å². The Hall–Kier alpha value is -1.82. The Bertz CT molecular complexity index is 772. The second-order valence-corrected chi connectivity index (χ2v) is 6.50. The van der Waals surface area contributed by atoms with Gasteiger partial charge in [-0.3, -0.25) is 0 Å². The number of aliphatic hydroxyl groups is 1. The molecule has 3 aromatic rings. The molecule has 23 heavy (non-hydrogen) atoms. The summed E-state index contributed by atoms with van der Waals surface area (Å²) in [7, 11) is 0. The van der Waals surface area contributed by atoms with Gasteiger partial charge in [-0.1, -0.05) is 65.3 Å². The van der Waals surface area contributed by atoms with E-state index in [-0.39, 0.29) is 5.89 Å². The molecule has 0 saturated heterocycles. The lowest BCUT2D eigenvalue weighted by atomic mass is 10.1. The van der Waals surface area contributed by atoms with E-state index in [9.17, 15) is 5.11 Å². The molecule has 0 unspecified atom stereocenters. The highest BCUT2D eigenvalue weighted by Crippen LogP contribution is 2.27. The molecule has 2 aromatic carbocycles. The second kappa shape index (κ2) is 7.17. The molecule has 118 valence electrons. The Balaban J connectivity index is 1.65. The van der Waals surface area contributed by atoms with Crippen molar-refractivity contribution in [3.8, 4) is 0 Å². The fourth-order valence-corrected chi connectivity index (χ4v) is 2.86. The van der Waals surface area contributed by atoms with Crippen molar-refractivity contribution >= 4 is 23.4 Å². The van der Waals surface area contributed by atoms with E-state index in [0.717, 1.165) is 5.75 Å². The van der Waals surface area contributed by atoms with Crippen LogP contribution in [0, 0.1) is 6.92 Å². The van der Waals surface area contributed by atoms with Gasteiger partial charge in [0.15, 0.2) is 6.10 Å². The molecule has 1 N–H and O–H groups in total. The predicted molar refractivity (Wildman–Crippen MR) is 90.6 cm³/mol. The van der Waals surface area contributed by atoms with Gasteiger partial charge in [-0.05, 0) is 30.2 Å². The molecule has 0 aliphatic carbocycles. The summed E-state index contributed by atoms with van der Waals surface area (Å²) in [6, 6.07) is 15.2. The molecular weight excluding hydrogens is 332 g/mol. The van der Waals surface area contributed by atoms with Crippen LogP contribution in [-0.4, -0.2) is 15.3 Å². The maximum absolute atomic E-state index is 10.3. The Morgan fingerprint density at radius 2 is 1.78 bits per heavy atom. The highest BCUT2D eigenvalue weighted by atomic mass is 35.5. The van der Waals surface area contributed by atoms with E-state index in [1.54, 1.807) is 24.3 Å². The fraction of sp³-hybridized carbons (Fsp3) is 0.176. The van der Waals surface area contributed by atoms with Gasteiger partial charge in [0.1, 0.15) is 0 Å². The van der Waals surface area contributed by atoms with E-state index in [0.29, 0.717) is 15.8 Å². The van der Waals surface area contributed by atoms with Gasteiger partial charge in [0.2, 0.25) is 5.89 Å². The van der Waals surface area contributed by atoms with Gasteiger partial charge in [0.25, 0.3) is 5.22 Å². The predicted octanol–water partition coefficient (Wildman–Crippen LogP) is 4.41. The van der Waals surface area contributed by atoms with Crippen LogP contribution >= 0.6 is 23.4 Å². The number of hydrogen-bond donors (Lipinski definition) is 1. The summed E-state index contributed by atoms with van der Waals surface area (Å²) in [5, 5.41) is 19.2. The number of nitrogens with zero attached hydrogens (tertiary/aromatic N) is 2. The third kappa shape index (κ3) is 4.13. The highest BCUT2D eigenvalue weighted by molar-refractivity contribution is 7.98. The van der Waals surface area contributed by atoms with Crippen molar-refractivity contribution in [3.63, 3.8) is 0 Å². The smallest absolute Gasteiger partial charge is 0.277 e. The Morgan fingerprint density at radius 1 is 1.09 bits per heavy atom. The summed E-state index contributed by atoms with van der Waals surface area (Å²) in [6.07, 6.45) is -0.950. The lowest BCUT2D eigenvalue weighted by Gasteiger charge is -2.05. The van der Waals surface area contributed by atoms with Gasteiger partial charge in [-0.25, -0.2) is 0 Å². The number of hydrogen-bond acceptors (Lipinski definition) is 5. The van der Waals surface area contributed by atoms with Crippen LogP contribution in [0.3, 0.4) is 0 Å². The number of halogens is 1. The van der Waals surface area contributed by atoms with Crippen molar-refractivity contribution in [1.29, 1.82) is 0 Å². The van der Waals surface area contributed by atoms with E-state index in [2.05, 4.69) is 41.4 Å². The maximum atomic E-state index is 10.3. The standard InChI is InChI=1S/C17H15ClN2O2S/c1-11-2-4-12(5-3-11)10-23-17-20-19-16(22-17)15(21)13-6-8-14(18)9-7-13/h2-9,15,21H,10H2,1H3/t15-/m0/s1. The number of aryl methyl sites for hydroxylation is 1. The lowest BCUT2D eigenvalue weighted by Crippen LogP contribution is -1.99. The van der Waals surface area contributed by atoms with E-state index in [4.69, 9.17) is 16.0 Å². The average Bonchev–Trinajstić information content (AvgIpc) is 3.03. The van der Waals surface area contributed by atoms with E-state index in [1.165, 1.54) is 22.9 Å². The zero-order valence-corrected chi connectivity index (χ0v) is 14.0. The molecule has 0 spiro atoms. The molecule has 1 aromatic heterocycles. The van der Waals surface area contributed by atoms with Crippen LogP contribution in [0.4, 0.5) is 0 Å². The van der Waals surface area contributed by atoms with Crippen molar-refractivity contribution in [1.82, 2.24) is 10.2 Å². The highest BCUT2D eigenvalue weighted by Gasteiger charge is 2.18. The zero-order chi connectivity index (χ0) is 16.2. The summed E-state index contributed by atoms with van der Waals surface area (Å²) < 4.78 is 5.53. The Labute approximate surface area is 143 Å². The van der Waals surface area contributed by atoms with Gasteiger partial charge in [-0.15, -0.1) is 10.2 Å². The Morgan fingerprint density at radius 3 is 2.48 bits per heavy atom. The molecule has 0 bridgehead atoms. The monoisotopic (exact) mass is 346 g/mol. The number of benzene rings is 2. The molecule has 6 heteroatoms. The first-order chi connectivity index (χ1) is 11.1. The van der Waals surface area contributed by atoms with Crippen molar-refractivity contribution in [2.45, 2.75) is 24.0 Å². The molecule has 0 aliphatic rings. The number of thioether (sulfide) groups is 1. The van der Waals surface area contributed by atoms with Crippen molar-refractivity contribution < 1.29 is 9.52 Å². The van der Waals surface area contributed by atoms with Gasteiger partial charge in [0.05, 0.1) is 0 Å². The summed E-state index contributed by atoms with van der Waals surface area (Å²) >= 11 is 7.28. The molecule has 0 fully saturated rings. The first kappa shape index (κ1) is 16.1. The fourth-order valence-electron chi connectivity index (χ4n) is 2.01. The number of aromatic nitrogens is 2. The lowest BCUT2D eigenvalue weighted by molar-refractivity contribution is 0.176. The molecule has 0 amide bonds. The van der Waals surface area contributed by atoms with Crippen molar-refractivity contribution in [3.05, 3.63) is 76.1 Å². The molecule has 0 radical (unpaired) electrons. The summed E-state index contributed by atoms with van der Waals surface area (Å²) in [5.74, 6) is 0.914. The molecule has 1 heterocycles. The van der Waals surface area contributed by atoms with E-state index >= 15 is 0 Å². The zero-order valence-electron chi connectivity index (χ0n) is 12.4. The molecular formula is C17H15ClN2O2S. The third-order valence-corrected chi connectivity index (χ3v) is 4.47. The van der Waals surface area contributed by atoms with Crippen LogP contribution in [0.1, 0.15) is 28.7 Å². The van der Waals surface area contributed by atoms with Gasteiger partial charge in [-0.2, -0.15) is 0 Å². The van der Waals surface area contributed by atoms with Gasteiger partial charge < -0.3 is 9.52 Å². The number of aliphatic hydroxyl groups excluding tert-OH is 1. The van der Waals surface area contributed by atoms with Gasteiger partial charge >= 0.3 is 0 Å². The third-order valence-electron chi connectivity index (χ3n) is 3.32. The topological polar surface area (TPSA) is 59.2 Å². The molecule has 0 aliphatic heterocycles. The Kier molecular flexibility index (Phi) is 5.00. The first-order valence-corrected chi connectivity index (χ1v) is 8.43. The van der Waals surface area contributed by atoms with Crippen LogP contribution in [-0.2, 0) is 5.75 Å². The average molecular weight is 347 g/mol.